The van der Waals surface area contributed by atoms with Crippen LogP contribution in [-0.2, 0) is 19.6 Å². The Balaban J connectivity index is 3.09. The van der Waals surface area contributed by atoms with Crippen molar-refractivity contribution < 1.29 is 17.9 Å². The van der Waals surface area contributed by atoms with Crippen LogP contribution in [0.4, 0.5) is 0 Å². The summed E-state index contributed by atoms with van der Waals surface area (Å²) >= 11 is 5.90. The summed E-state index contributed by atoms with van der Waals surface area (Å²) in [6, 6.07) is 6.06. The summed E-state index contributed by atoms with van der Waals surface area (Å²) in [5, 5.41) is 0.102. The second-order valence-electron chi connectivity index (χ2n) is 3.82. The van der Waals surface area contributed by atoms with Crippen LogP contribution in [-0.4, -0.2) is 38.4 Å². The Hall–Kier alpha value is -1.37. The van der Waals surface area contributed by atoms with Crippen molar-refractivity contribution in [1.82, 2.24) is 4.31 Å². The van der Waals surface area contributed by atoms with Crippen LogP contribution in [0.2, 0.25) is 5.02 Å². The van der Waals surface area contributed by atoms with Gasteiger partial charge in [-0.2, -0.15) is 4.31 Å². The van der Waals surface area contributed by atoms with E-state index in [-0.39, 0.29) is 29.6 Å². The molecule has 0 aliphatic heterocycles. The Kier molecular flexibility index (Phi) is 6.19. The summed E-state index contributed by atoms with van der Waals surface area (Å²) in [4.78, 5) is 11.4. The van der Waals surface area contributed by atoms with E-state index in [1.807, 2.05) is 0 Å². The molecule has 0 saturated heterocycles. The van der Waals surface area contributed by atoms with Gasteiger partial charge < -0.3 is 4.74 Å². The summed E-state index contributed by atoms with van der Waals surface area (Å²) in [6.45, 7) is 4.94. The van der Waals surface area contributed by atoms with Crippen LogP contribution in [0.15, 0.2) is 41.8 Å². The Labute approximate surface area is 123 Å². The molecular formula is C13H16ClNO4S. The molecule has 1 rings (SSSR count). The van der Waals surface area contributed by atoms with Gasteiger partial charge in [0.2, 0.25) is 10.0 Å². The molecule has 0 heterocycles. The Morgan fingerprint density at radius 1 is 1.45 bits per heavy atom. The van der Waals surface area contributed by atoms with Crippen LogP contribution in [0, 0.1) is 0 Å². The third-order valence-corrected chi connectivity index (χ3v) is 4.71. The molecule has 0 spiro atoms. The van der Waals surface area contributed by atoms with E-state index in [0.717, 1.165) is 4.31 Å². The fourth-order valence-corrected chi connectivity index (χ4v) is 3.38. The zero-order valence-corrected chi connectivity index (χ0v) is 12.7. The molecule has 0 N–H and O–H groups in total. The van der Waals surface area contributed by atoms with Gasteiger partial charge in [0, 0.05) is 6.54 Å². The fourth-order valence-electron chi connectivity index (χ4n) is 1.54. The number of hydrogen-bond donors (Lipinski definition) is 0. The van der Waals surface area contributed by atoms with E-state index in [0.29, 0.717) is 0 Å². The van der Waals surface area contributed by atoms with Crippen molar-refractivity contribution in [2.75, 3.05) is 19.7 Å². The normalized spacial score (nSPS) is 11.3. The first kappa shape index (κ1) is 16.7. The van der Waals surface area contributed by atoms with E-state index < -0.39 is 16.0 Å². The third kappa shape index (κ3) is 4.06. The molecule has 20 heavy (non-hydrogen) atoms. The molecule has 0 amide bonds. The molecule has 0 unspecified atom stereocenters. The summed E-state index contributed by atoms with van der Waals surface area (Å²) in [6.07, 6.45) is 1.40. The highest BCUT2D eigenvalue weighted by Crippen LogP contribution is 2.24. The van der Waals surface area contributed by atoms with Gasteiger partial charge in [-0.25, -0.2) is 8.42 Å². The number of rotatable bonds is 7. The van der Waals surface area contributed by atoms with Crippen molar-refractivity contribution in [2.24, 2.45) is 0 Å². The van der Waals surface area contributed by atoms with Crippen molar-refractivity contribution in [1.29, 1.82) is 0 Å². The maximum atomic E-state index is 12.5. The molecule has 0 aliphatic rings. The fraction of sp³-hybridized carbons (Fsp3) is 0.308. The van der Waals surface area contributed by atoms with Crippen molar-refractivity contribution in [3.63, 3.8) is 0 Å². The highest BCUT2D eigenvalue weighted by molar-refractivity contribution is 7.89. The highest BCUT2D eigenvalue weighted by atomic mass is 35.5. The predicted molar refractivity (Wildman–Crippen MR) is 77.0 cm³/mol. The first-order chi connectivity index (χ1) is 9.43. The molecule has 0 fully saturated rings. The number of carbonyl (C=O) groups excluding carboxylic acids is 1. The Morgan fingerprint density at radius 2 is 2.10 bits per heavy atom. The molecule has 0 radical (unpaired) electrons. The topological polar surface area (TPSA) is 63.7 Å². The van der Waals surface area contributed by atoms with Crippen molar-refractivity contribution in [2.45, 2.75) is 11.8 Å². The maximum Gasteiger partial charge on any atom is 0.321 e. The first-order valence-electron chi connectivity index (χ1n) is 5.94. The minimum Gasteiger partial charge on any atom is -0.465 e. The van der Waals surface area contributed by atoms with Gasteiger partial charge >= 0.3 is 5.97 Å². The van der Waals surface area contributed by atoms with Gasteiger partial charge in [-0.15, -0.1) is 6.58 Å². The minimum absolute atomic E-state index is 0.00757. The quantitative estimate of drug-likeness (QED) is 0.570. The van der Waals surface area contributed by atoms with Gasteiger partial charge in [-0.05, 0) is 19.1 Å². The monoisotopic (exact) mass is 317 g/mol. The molecule has 0 saturated carbocycles. The summed E-state index contributed by atoms with van der Waals surface area (Å²) in [5.74, 6) is -0.620. The van der Waals surface area contributed by atoms with E-state index in [1.54, 1.807) is 19.1 Å². The van der Waals surface area contributed by atoms with E-state index in [1.165, 1.54) is 18.2 Å². The Bertz CT molecular complexity index is 586. The second-order valence-corrected chi connectivity index (χ2v) is 6.14. The number of halogens is 1. The van der Waals surface area contributed by atoms with Crippen molar-refractivity contribution in [3.8, 4) is 0 Å². The molecule has 0 bridgehead atoms. The number of benzene rings is 1. The molecule has 110 valence electrons. The average molecular weight is 318 g/mol. The largest absolute Gasteiger partial charge is 0.465 e. The predicted octanol–water partition coefficient (Wildman–Crippen LogP) is 2.08. The average Bonchev–Trinajstić information content (AvgIpc) is 2.38. The lowest BCUT2D eigenvalue weighted by Gasteiger charge is -2.20. The standard InChI is InChI=1S/C13H16ClNO4S/c1-3-9-15(10-13(16)19-4-2)20(17,18)12-8-6-5-7-11(12)14/h3,5-8H,1,4,9-10H2,2H3. The lowest BCUT2D eigenvalue weighted by Crippen LogP contribution is -2.36. The summed E-state index contributed by atoms with van der Waals surface area (Å²) < 4.78 is 30.7. The first-order valence-corrected chi connectivity index (χ1v) is 7.76. The SMILES string of the molecule is C=CCN(CC(=O)OCC)S(=O)(=O)c1ccccc1Cl. The Morgan fingerprint density at radius 3 is 2.65 bits per heavy atom. The van der Waals surface area contributed by atoms with E-state index in [2.05, 4.69) is 6.58 Å². The van der Waals surface area contributed by atoms with Gasteiger partial charge in [0.25, 0.3) is 0 Å². The minimum atomic E-state index is -3.88. The van der Waals surface area contributed by atoms with E-state index in [9.17, 15) is 13.2 Å². The zero-order valence-electron chi connectivity index (χ0n) is 11.1. The highest BCUT2D eigenvalue weighted by Gasteiger charge is 2.27. The van der Waals surface area contributed by atoms with Gasteiger partial charge in [0.1, 0.15) is 11.4 Å². The lowest BCUT2D eigenvalue weighted by atomic mass is 10.4. The van der Waals surface area contributed by atoms with Crippen LogP contribution >= 0.6 is 11.6 Å². The molecule has 5 nitrogen and oxygen atoms in total. The molecule has 0 aliphatic carbocycles. The lowest BCUT2D eigenvalue weighted by molar-refractivity contribution is -0.143. The van der Waals surface area contributed by atoms with Crippen LogP contribution in [0.1, 0.15) is 6.92 Å². The third-order valence-electron chi connectivity index (χ3n) is 2.40. The number of carbonyl (C=O) groups is 1. The maximum absolute atomic E-state index is 12.5. The van der Waals surface area contributed by atoms with Crippen LogP contribution in [0.5, 0.6) is 0 Å². The molecular weight excluding hydrogens is 302 g/mol. The number of nitrogens with zero attached hydrogens (tertiary/aromatic N) is 1. The molecule has 1 aromatic rings. The van der Waals surface area contributed by atoms with Crippen molar-refractivity contribution >= 4 is 27.6 Å². The molecule has 0 atom stereocenters. The van der Waals surface area contributed by atoms with Crippen molar-refractivity contribution in [3.05, 3.63) is 41.9 Å². The van der Waals surface area contributed by atoms with Gasteiger partial charge in [0.05, 0.1) is 11.6 Å². The summed E-state index contributed by atoms with van der Waals surface area (Å²) in [5.41, 5.74) is 0. The van der Waals surface area contributed by atoms with Crippen LogP contribution in [0.3, 0.4) is 0 Å². The summed E-state index contributed by atoms with van der Waals surface area (Å²) in [7, 11) is -3.88. The zero-order chi connectivity index (χ0) is 15.2. The number of hydrogen-bond acceptors (Lipinski definition) is 4. The smallest absolute Gasteiger partial charge is 0.321 e. The number of sulfonamides is 1. The molecule has 7 heteroatoms. The molecule has 1 aromatic carbocycles. The van der Waals surface area contributed by atoms with E-state index >= 15 is 0 Å². The van der Waals surface area contributed by atoms with Crippen LogP contribution < -0.4 is 0 Å². The number of ether oxygens (including phenoxy) is 1. The van der Waals surface area contributed by atoms with Gasteiger partial charge in [0.15, 0.2) is 0 Å². The van der Waals surface area contributed by atoms with Gasteiger partial charge in [-0.1, -0.05) is 29.8 Å². The molecule has 0 aromatic heterocycles. The van der Waals surface area contributed by atoms with E-state index in [4.69, 9.17) is 16.3 Å². The second kappa shape index (κ2) is 7.42. The van der Waals surface area contributed by atoms with Gasteiger partial charge in [-0.3, -0.25) is 4.79 Å². The van der Waals surface area contributed by atoms with Crippen LogP contribution in [0.25, 0.3) is 0 Å². The number of esters is 1.